The molecule has 0 amide bonds. The molecule has 0 saturated carbocycles. The van der Waals surface area contributed by atoms with Crippen LogP contribution < -0.4 is 62.9 Å². The molecule has 0 heterocycles. The fraction of sp³-hybridized carbons (Fsp3) is 0.750. The van der Waals surface area contributed by atoms with E-state index in [0.717, 1.165) is 39.3 Å². The Kier molecular flexibility index (Phi) is 43.2. The molecule has 16 N–H and O–H groups in total. The second-order valence-electron chi connectivity index (χ2n) is 5.52. The Morgan fingerprint density at radius 3 is 0.647 bits per heavy atom. The highest BCUT2D eigenvalue weighted by Gasteiger charge is 2.52. The van der Waals surface area contributed by atoms with Crippen LogP contribution in [0.5, 0.6) is 0 Å². The summed E-state index contributed by atoms with van der Waals surface area (Å²) in [5, 5.41) is 0.000000000000000888. The lowest BCUT2D eigenvalue weighted by molar-refractivity contribution is -0.00000825. The van der Waals surface area contributed by atoms with E-state index in [9.17, 15) is 0 Å². The van der Waals surface area contributed by atoms with Gasteiger partial charge in [0, 0.05) is 39.3 Å². The van der Waals surface area contributed by atoms with Gasteiger partial charge in [0.1, 0.15) is 0 Å². The zero-order chi connectivity index (χ0) is 27.8. The predicted octanol–water partition coefficient (Wildman–Crippen LogP) is -2.16. The highest BCUT2D eigenvalue weighted by molar-refractivity contribution is 9.41. The number of rotatable bonds is 9. The maximum Gasteiger partial charge on any atom is 0.299 e. The van der Waals surface area contributed by atoms with Crippen LogP contribution in [0.25, 0.3) is 0 Å². The van der Waals surface area contributed by atoms with Crippen LogP contribution in [0.2, 0.25) is 0 Å². The number of hydrogen-bond donors (Lipinski definition) is 8. The van der Waals surface area contributed by atoms with Crippen molar-refractivity contribution in [3.8, 4) is 0 Å². The molecule has 0 aromatic rings. The molecule has 0 aromatic carbocycles. The van der Waals surface area contributed by atoms with E-state index in [2.05, 4.69) is 166 Å². The topological polar surface area (TPSA) is 218 Å². The highest BCUT2D eigenvalue weighted by Crippen LogP contribution is 2.73. The standard InChI is InChI=1S/C12H30BrN3P.4CH4N2S.BrH/c1-7-14(8-2)17(13,15(9-3)10-4)16(11-5)12-6;4*2-1(3)4;/h7-12H2,1-6H3;4*(H4,2,3,4);1H/q+1;;;;;/p-1. The molecule has 18 heteroatoms. The van der Waals surface area contributed by atoms with Crippen LogP contribution >= 0.6 is 70.8 Å². The first-order valence-electron chi connectivity index (χ1n) is 10.0. The zero-order valence-corrected chi connectivity index (χ0v) is 28.4. The van der Waals surface area contributed by atoms with Crippen LogP contribution in [-0.2, 0) is 0 Å². The van der Waals surface area contributed by atoms with E-state index in [4.69, 9.17) is 0 Å². The summed E-state index contributed by atoms with van der Waals surface area (Å²) in [6, 6.07) is 0. The van der Waals surface area contributed by atoms with Crippen LogP contribution in [0, 0.1) is 0 Å². The van der Waals surface area contributed by atoms with Crippen LogP contribution in [-0.4, -0.2) is 73.7 Å². The van der Waals surface area contributed by atoms with Crippen molar-refractivity contribution in [3.63, 3.8) is 0 Å². The van der Waals surface area contributed by atoms with Crippen molar-refractivity contribution >= 4 is 91.2 Å². The Balaban J connectivity index is -0.0000000939. The van der Waals surface area contributed by atoms with Gasteiger partial charge in [0.25, 0.3) is 6.42 Å². The lowest BCUT2D eigenvalue weighted by Gasteiger charge is -2.41. The first kappa shape index (κ1) is 47.3. The number of nitrogens with zero attached hydrogens (tertiary/aromatic N) is 3. The monoisotopic (exact) mass is 709 g/mol. The van der Waals surface area contributed by atoms with Crippen LogP contribution in [0.1, 0.15) is 41.5 Å². The number of nitrogens with two attached hydrogens (primary N) is 8. The fourth-order valence-corrected chi connectivity index (χ4v) is 9.56. The van der Waals surface area contributed by atoms with E-state index in [1.54, 1.807) is 0 Å². The van der Waals surface area contributed by atoms with E-state index >= 15 is 0 Å². The third-order valence-electron chi connectivity index (χ3n) is 3.27. The second-order valence-corrected chi connectivity index (χ2v) is 12.9. The van der Waals surface area contributed by atoms with Crippen LogP contribution in [0.4, 0.5) is 0 Å². The Hall–Kier alpha value is 0.0300. The molecule has 0 fully saturated rings. The molecule has 0 spiro atoms. The SMILES string of the molecule is CCN(CC)[P+](Br)(N(CC)CC)N(CC)CC.NC(N)=S.NC(N)=S.NC(N)=S.NC(N)=S.[Br-]. The van der Waals surface area contributed by atoms with Gasteiger partial charge in [-0.15, -0.1) is 14.0 Å². The molecular formula is C16H46Br2N11PS4. The summed E-state index contributed by atoms with van der Waals surface area (Å²) < 4.78 is 7.77. The van der Waals surface area contributed by atoms with E-state index in [0.29, 0.717) is 0 Å². The van der Waals surface area contributed by atoms with E-state index in [1.165, 1.54) is 0 Å². The zero-order valence-electron chi connectivity index (χ0n) is 21.0. The lowest BCUT2D eigenvalue weighted by Crippen LogP contribution is -3.00. The van der Waals surface area contributed by atoms with Gasteiger partial charge in [-0.25, -0.2) is 0 Å². The van der Waals surface area contributed by atoms with Crippen LogP contribution in [0.3, 0.4) is 0 Å². The normalized spacial score (nSPS) is 9.35. The molecule has 0 rings (SSSR count). The number of hydrogen-bond acceptors (Lipinski definition) is 7. The van der Waals surface area contributed by atoms with Crippen molar-refractivity contribution in [1.82, 2.24) is 14.0 Å². The van der Waals surface area contributed by atoms with Crippen molar-refractivity contribution in [3.05, 3.63) is 0 Å². The van der Waals surface area contributed by atoms with Gasteiger partial charge >= 0.3 is 0 Å². The molecule has 0 atom stereocenters. The fourth-order valence-electron chi connectivity index (χ4n) is 2.29. The van der Waals surface area contributed by atoms with Gasteiger partial charge in [-0.1, -0.05) is 0 Å². The number of thiocarbonyl (C=S) groups is 4. The number of halogens is 2. The molecule has 0 aliphatic heterocycles. The quantitative estimate of drug-likeness (QED) is 0.0945. The van der Waals surface area contributed by atoms with Gasteiger partial charge in [-0.3, -0.25) is 0 Å². The molecule has 11 nitrogen and oxygen atoms in total. The minimum atomic E-state index is -1.49. The summed E-state index contributed by atoms with van der Waals surface area (Å²) in [7, 11) is 0. The van der Waals surface area contributed by atoms with Crippen molar-refractivity contribution < 1.29 is 17.0 Å². The van der Waals surface area contributed by atoms with E-state index in [1.807, 2.05) is 0 Å². The van der Waals surface area contributed by atoms with Crippen molar-refractivity contribution in [1.29, 1.82) is 0 Å². The summed E-state index contributed by atoms with van der Waals surface area (Å²) in [6.07, 6.45) is -1.49. The average Bonchev–Trinajstić information content (AvgIpc) is 2.62. The van der Waals surface area contributed by atoms with E-state index in [-0.39, 0.29) is 37.4 Å². The molecule has 0 aromatic heterocycles. The largest absolute Gasteiger partial charge is 1.00 e. The Morgan fingerprint density at radius 1 is 0.500 bits per heavy atom. The lowest BCUT2D eigenvalue weighted by atomic mass is 10.7. The molecule has 34 heavy (non-hydrogen) atoms. The van der Waals surface area contributed by atoms with E-state index < -0.39 is 6.42 Å². The molecular weight excluding hydrogens is 665 g/mol. The summed E-state index contributed by atoms with van der Waals surface area (Å²) in [5.41, 5.74) is 37.0. The maximum absolute atomic E-state index is 4.62. The predicted molar refractivity (Wildman–Crippen MR) is 169 cm³/mol. The molecule has 208 valence electrons. The first-order chi connectivity index (χ1) is 15.0. The average molecular weight is 712 g/mol. The molecule has 0 saturated heterocycles. The van der Waals surface area contributed by atoms with Crippen LogP contribution in [0.15, 0.2) is 0 Å². The maximum atomic E-state index is 4.62. The van der Waals surface area contributed by atoms with Gasteiger partial charge < -0.3 is 62.9 Å². The Labute approximate surface area is 247 Å². The molecule has 0 radical (unpaired) electrons. The molecule has 0 bridgehead atoms. The van der Waals surface area contributed by atoms with Crippen molar-refractivity contribution in [2.24, 2.45) is 45.9 Å². The molecule has 0 aliphatic rings. The third-order valence-corrected chi connectivity index (χ3v) is 11.2. The molecule has 0 aliphatic carbocycles. The third kappa shape index (κ3) is 34.2. The van der Waals surface area contributed by atoms with Gasteiger partial charge in [0.05, 0.1) is 0 Å². The Bertz CT molecular complexity index is 430. The summed E-state index contributed by atoms with van der Waals surface area (Å²) in [5.74, 6) is 0. The summed E-state index contributed by atoms with van der Waals surface area (Å²) in [6.45, 7) is 20.1. The summed E-state index contributed by atoms with van der Waals surface area (Å²) >= 11 is 20.5. The van der Waals surface area contributed by atoms with Gasteiger partial charge in [0.2, 0.25) is 15.5 Å². The van der Waals surface area contributed by atoms with Gasteiger partial charge in [0.15, 0.2) is 20.4 Å². The second kappa shape index (κ2) is 31.1. The first-order valence-corrected chi connectivity index (χ1v) is 15.3. The highest BCUT2D eigenvalue weighted by atomic mass is 79.9. The van der Waals surface area contributed by atoms with Crippen molar-refractivity contribution in [2.45, 2.75) is 41.5 Å². The minimum absolute atomic E-state index is 0. The minimum Gasteiger partial charge on any atom is -1.00 e. The Morgan fingerprint density at radius 2 is 0.588 bits per heavy atom. The van der Waals surface area contributed by atoms with Crippen molar-refractivity contribution in [2.75, 3.05) is 39.3 Å². The summed E-state index contributed by atoms with van der Waals surface area (Å²) in [4.78, 5) is 0. The van der Waals surface area contributed by atoms with Gasteiger partial charge in [-0.2, -0.15) is 0 Å². The smallest absolute Gasteiger partial charge is 0.299 e. The van der Waals surface area contributed by atoms with Gasteiger partial charge in [-0.05, 0) is 90.4 Å². The molecule has 0 unspecified atom stereocenters.